The highest BCUT2D eigenvalue weighted by Crippen LogP contribution is 2.29. The Labute approximate surface area is 128 Å². The van der Waals surface area contributed by atoms with Crippen molar-refractivity contribution in [1.29, 1.82) is 0 Å². The molecule has 1 aliphatic rings. The Morgan fingerprint density at radius 2 is 2.23 bits per heavy atom. The molecular formula is C16H19N3O3. The number of nitrogens with one attached hydrogen (secondary N) is 1. The minimum Gasteiger partial charge on any atom is -0.462 e. The summed E-state index contributed by atoms with van der Waals surface area (Å²) in [7, 11) is 0. The number of hydrogen-bond acceptors (Lipinski definition) is 5. The number of aromatic nitrogens is 3. The van der Waals surface area contributed by atoms with Crippen molar-refractivity contribution in [3.8, 4) is 11.4 Å². The Bertz CT molecular complexity index is 677. The maximum atomic E-state index is 12.2. The Morgan fingerprint density at radius 1 is 1.41 bits per heavy atom. The largest absolute Gasteiger partial charge is 0.462 e. The number of esters is 1. The smallest absolute Gasteiger partial charge is 0.342 e. The van der Waals surface area contributed by atoms with Crippen molar-refractivity contribution in [3.63, 3.8) is 0 Å². The van der Waals surface area contributed by atoms with Gasteiger partial charge in [0.15, 0.2) is 0 Å². The highest BCUT2D eigenvalue weighted by Gasteiger charge is 2.25. The van der Waals surface area contributed by atoms with E-state index in [4.69, 9.17) is 9.47 Å². The quantitative estimate of drug-likeness (QED) is 0.830. The van der Waals surface area contributed by atoms with E-state index in [1.807, 2.05) is 12.1 Å². The second kappa shape index (κ2) is 6.27. The zero-order valence-corrected chi connectivity index (χ0v) is 12.8. The fourth-order valence-electron chi connectivity index (χ4n) is 2.26. The van der Waals surface area contributed by atoms with Crippen LogP contribution in [0.1, 0.15) is 41.4 Å². The van der Waals surface area contributed by atoms with Crippen LogP contribution >= 0.6 is 0 Å². The molecule has 0 spiro atoms. The average molecular weight is 301 g/mol. The number of H-pyrrole nitrogens is 1. The van der Waals surface area contributed by atoms with E-state index in [0.717, 1.165) is 18.4 Å². The maximum Gasteiger partial charge on any atom is 0.342 e. The van der Waals surface area contributed by atoms with Gasteiger partial charge in [0.2, 0.25) is 0 Å². The Kier molecular flexibility index (Phi) is 4.20. The van der Waals surface area contributed by atoms with Crippen LogP contribution in [0.15, 0.2) is 18.3 Å². The van der Waals surface area contributed by atoms with Crippen LogP contribution in [0.25, 0.3) is 11.4 Å². The Hall–Kier alpha value is -2.21. The summed E-state index contributed by atoms with van der Waals surface area (Å²) >= 11 is 0. The van der Waals surface area contributed by atoms with Crippen LogP contribution in [-0.2, 0) is 16.1 Å². The Morgan fingerprint density at radius 3 is 2.95 bits per heavy atom. The lowest BCUT2D eigenvalue weighted by atomic mass is 10.1. The lowest BCUT2D eigenvalue weighted by Gasteiger charge is -2.09. The van der Waals surface area contributed by atoms with E-state index in [1.54, 1.807) is 20.0 Å². The molecule has 0 bridgehead atoms. The molecule has 6 heteroatoms. The molecule has 0 aromatic carbocycles. The molecule has 116 valence electrons. The van der Waals surface area contributed by atoms with Gasteiger partial charge in [0.1, 0.15) is 11.3 Å². The van der Waals surface area contributed by atoms with Crippen molar-refractivity contribution in [2.75, 3.05) is 6.61 Å². The molecule has 0 radical (unpaired) electrons. The average Bonchev–Trinajstić information content (AvgIpc) is 3.27. The zero-order valence-electron chi connectivity index (χ0n) is 12.8. The highest BCUT2D eigenvalue weighted by atomic mass is 16.5. The predicted octanol–water partition coefficient (Wildman–Crippen LogP) is 2.64. The second-order valence-corrected chi connectivity index (χ2v) is 5.31. The van der Waals surface area contributed by atoms with Crippen molar-refractivity contribution >= 4 is 5.97 Å². The molecule has 2 aromatic rings. The lowest BCUT2D eigenvalue weighted by molar-refractivity contribution is 0.0526. The Balaban J connectivity index is 1.95. The molecule has 3 rings (SSSR count). The molecule has 1 N–H and O–H groups in total. The van der Waals surface area contributed by atoms with Crippen LogP contribution in [-0.4, -0.2) is 33.9 Å². The fourth-order valence-corrected chi connectivity index (χ4v) is 2.26. The molecule has 1 aliphatic carbocycles. The standard InChI is InChI=1S/C16H19N3O3/c1-3-21-16(20)13-10(2)18-19-15(13)14-11(5-4-8-17-14)9-22-12-6-7-12/h4-5,8,12H,3,6-7,9H2,1-2H3,(H,18,19). The van der Waals surface area contributed by atoms with Gasteiger partial charge in [-0.25, -0.2) is 4.79 Å². The molecule has 22 heavy (non-hydrogen) atoms. The number of hydrogen-bond donors (Lipinski definition) is 1. The van der Waals surface area contributed by atoms with Gasteiger partial charge in [0, 0.05) is 17.5 Å². The molecule has 1 fully saturated rings. The van der Waals surface area contributed by atoms with Gasteiger partial charge >= 0.3 is 5.97 Å². The molecular weight excluding hydrogens is 282 g/mol. The maximum absolute atomic E-state index is 12.2. The summed E-state index contributed by atoms with van der Waals surface area (Å²) in [6, 6.07) is 3.81. The summed E-state index contributed by atoms with van der Waals surface area (Å²) in [5, 5.41) is 7.10. The lowest BCUT2D eigenvalue weighted by Crippen LogP contribution is -2.08. The van der Waals surface area contributed by atoms with Crippen molar-refractivity contribution in [3.05, 3.63) is 35.2 Å². The van der Waals surface area contributed by atoms with E-state index >= 15 is 0 Å². The summed E-state index contributed by atoms with van der Waals surface area (Å²) in [5.41, 5.74) is 3.22. The van der Waals surface area contributed by atoms with Gasteiger partial charge in [-0.1, -0.05) is 6.07 Å². The van der Waals surface area contributed by atoms with Gasteiger partial charge < -0.3 is 9.47 Å². The fraction of sp³-hybridized carbons (Fsp3) is 0.438. The van der Waals surface area contributed by atoms with E-state index in [2.05, 4.69) is 15.2 Å². The third kappa shape index (κ3) is 3.01. The van der Waals surface area contributed by atoms with E-state index in [1.165, 1.54) is 0 Å². The van der Waals surface area contributed by atoms with Gasteiger partial charge in [-0.2, -0.15) is 5.10 Å². The number of aromatic amines is 1. The van der Waals surface area contributed by atoms with Gasteiger partial charge in [0.05, 0.1) is 25.0 Å². The molecule has 0 atom stereocenters. The van der Waals surface area contributed by atoms with Gasteiger partial charge in [-0.3, -0.25) is 10.1 Å². The molecule has 1 saturated carbocycles. The number of nitrogens with zero attached hydrogens (tertiary/aromatic N) is 2. The monoisotopic (exact) mass is 301 g/mol. The molecule has 2 heterocycles. The third-order valence-electron chi connectivity index (χ3n) is 3.54. The molecule has 0 saturated heterocycles. The first kappa shape index (κ1) is 14.7. The first-order chi connectivity index (χ1) is 10.7. The highest BCUT2D eigenvalue weighted by molar-refractivity contribution is 5.97. The van der Waals surface area contributed by atoms with Crippen molar-refractivity contribution in [2.24, 2.45) is 0 Å². The molecule has 0 unspecified atom stereocenters. The first-order valence-electron chi connectivity index (χ1n) is 7.48. The van der Waals surface area contributed by atoms with Gasteiger partial charge in [-0.15, -0.1) is 0 Å². The van der Waals surface area contributed by atoms with Crippen LogP contribution in [0.4, 0.5) is 0 Å². The molecule has 0 amide bonds. The van der Waals surface area contributed by atoms with E-state index in [-0.39, 0.29) is 5.97 Å². The van der Waals surface area contributed by atoms with Crippen molar-refractivity contribution in [2.45, 2.75) is 39.4 Å². The van der Waals surface area contributed by atoms with E-state index in [9.17, 15) is 4.79 Å². The van der Waals surface area contributed by atoms with Crippen LogP contribution in [0.2, 0.25) is 0 Å². The summed E-state index contributed by atoms with van der Waals surface area (Å²) < 4.78 is 10.9. The predicted molar refractivity (Wildman–Crippen MR) is 80.3 cm³/mol. The van der Waals surface area contributed by atoms with E-state index < -0.39 is 0 Å². The number of carbonyl (C=O) groups is 1. The number of carbonyl (C=O) groups excluding carboxylic acids is 1. The number of pyridine rings is 1. The van der Waals surface area contributed by atoms with Crippen molar-refractivity contribution < 1.29 is 14.3 Å². The summed E-state index contributed by atoms with van der Waals surface area (Å²) in [4.78, 5) is 16.6. The van der Waals surface area contributed by atoms with Crippen LogP contribution in [0, 0.1) is 6.92 Å². The number of ether oxygens (including phenoxy) is 2. The summed E-state index contributed by atoms with van der Waals surface area (Å²) in [5.74, 6) is -0.386. The van der Waals surface area contributed by atoms with E-state index in [0.29, 0.717) is 42.0 Å². The minimum atomic E-state index is -0.386. The minimum absolute atomic E-state index is 0.322. The van der Waals surface area contributed by atoms with Crippen LogP contribution in [0.5, 0.6) is 0 Å². The van der Waals surface area contributed by atoms with Gasteiger partial charge in [0.25, 0.3) is 0 Å². The zero-order chi connectivity index (χ0) is 15.5. The van der Waals surface area contributed by atoms with Crippen LogP contribution < -0.4 is 0 Å². The van der Waals surface area contributed by atoms with Crippen molar-refractivity contribution in [1.82, 2.24) is 15.2 Å². The summed E-state index contributed by atoms with van der Waals surface area (Å²) in [6.45, 7) is 4.37. The van der Waals surface area contributed by atoms with Gasteiger partial charge in [-0.05, 0) is 32.8 Å². The SMILES string of the molecule is CCOC(=O)c1c(-c2ncccc2COC2CC2)n[nH]c1C. The number of rotatable bonds is 6. The first-order valence-corrected chi connectivity index (χ1v) is 7.48. The molecule has 2 aromatic heterocycles. The third-order valence-corrected chi connectivity index (χ3v) is 3.54. The van der Waals surface area contributed by atoms with Crippen LogP contribution in [0.3, 0.4) is 0 Å². The molecule has 6 nitrogen and oxygen atoms in total. The topological polar surface area (TPSA) is 77.1 Å². The second-order valence-electron chi connectivity index (χ2n) is 5.31. The number of aryl methyl sites for hydroxylation is 1. The summed E-state index contributed by atoms with van der Waals surface area (Å²) in [6.07, 6.45) is 4.28. The normalized spacial score (nSPS) is 14.1. The molecule has 0 aliphatic heterocycles.